The summed E-state index contributed by atoms with van der Waals surface area (Å²) in [6, 6.07) is 0. The normalized spacial score (nSPS) is 15.4. The Bertz CT molecular complexity index is 832. The van der Waals surface area contributed by atoms with Gasteiger partial charge in [-0.2, -0.15) is 14.8 Å². The number of aromatic nitrogens is 8. The average molecular weight is 343 g/mol. The van der Waals surface area contributed by atoms with Gasteiger partial charge in [-0.15, -0.1) is 5.10 Å². The molecule has 1 aliphatic rings. The number of hydrogen-bond acceptors (Lipinski definition) is 8. The smallest absolute Gasteiger partial charge is 0.257 e. The number of tetrazole rings is 1. The first-order valence-corrected chi connectivity index (χ1v) is 8.18. The van der Waals surface area contributed by atoms with Crippen LogP contribution in [0.1, 0.15) is 60.1 Å². The SMILES string of the molecule is O=C(NCc1nc(C2CCCCC2)no1)c1cn[nH]c1-n1cnnn1. The van der Waals surface area contributed by atoms with Crippen molar-refractivity contribution in [3.63, 3.8) is 0 Å². The highest BCUT2D eigenvalue weighted by molar-refractivity contribution is 5.96. The number of aromatic amines is 1. The third-order valence-electron chi connectivity index (χ3n) is 4.30. The zero-order valence-corrected chi connectivity index (χ0v) is 13.4. The molecule has 25 heavy (non-hydrogen) atoms. The molecule has 0 radical (unpaired) electrons. The van der Waals surface area contributed by atoms with Crippen LogP contribution in [0.2, 0.25) is 0 Å². The lowest BCUT2D eigenvalue weighted by Gasteiger charge is -2.17. The van der Waals surface area contributed by atoms with Gasteiger partial charge in [0.2, 0.25) is 5.89 Å². The van der Waals surface area contributed by atoms with Gasteiger partial charge in [-0.25, -0.2) is 0 Å². The van der Waals surface area contributed by atoms with E-state index in [-0.39, 0.29) is 12.5 Å². The van der Waals surface area contributed by atoms with Crippen LogP contribution in [0.3, 0.4) is 0 Å². The minimum atomic E-state index is -0.336. The highest BCUT2D eigenvalue weighted by Gasteiger charge is 2.21. The number of H-pyrrole nitrogens is 1. The van der Waals surface area contributed by atoms with Crippen LogP contribution in [0.15, 0.2) is 17.0 Å². The molecule has 1 fully saturated rings. The number of nitrogens with one attached hydrogen (secondary N) is 2. The molecule has 2 N–H and O–H groups in total. The number of hydrogen-bond donors (Lipinski definition) is 2. The molecule has 130 valence electrons. The number of rotatable bonds is 5. The first kappa shape index (κ1) is 15.4. The third-order valence-corrected chi connectivity index (χ3v) is 4.30. The molecule has 0 aromatic carbocycles. The Kier molecular flexibility index (Phi) is 4.19. The molecule has 3 aromatic heterocycles. The van der Waals surface area contributed by atoms with Crippen molar-refractivity contribution in [2.24, 2.45) is 0 Å². The first-order chi connectivity index (χ1) is 12.3. The summed E-state index contributed by atoms with van der Waals surface area (Å²) in [6.07, 6.45) is 8.64. The minimum absolute atomic E-state index is 0.152. The summed E-state index contributed by atoms with van der Waals surface area (Å²) in [7, 11) is 0. The van der Waals surface area contributed by atoms with Crippen molar-refractivity contribution < 1.29 is 9.32 Å². The molecule has 3 aromatic rings. The molecular weight excluding hydrogens is 326 g/mol. The molecule has 0 aliphatic heterocycles. The fourth-order valence-corrected chi connectivity index (χ4v) is 3.00. The Morgan fingerprint density at radius 1 is 1.36 bits per heavy atom. The van der Waals surface area contributed by atoms with Gasteiger partial charge in [0, 0.05) is 5.92 Å². The average Bonchev–Trinajstić information content (AvgIpc) is 3.41. The lowest BCUT2D eigenvalue weighted by Crippen LogP contribution is -2.24. The van der Waals surface area contributed by atoms with E-state index in [0.29, 0.717) is 23.2 Å². The van der Waals surface area contributed by atoms with Crippen molar-refractivity contribution in [3.8, 4) is 5.82 Å². The monoisotopic (exact) mass is 343 g/mol. The quantitative estimate of drug-likeness (QED) is 0.691. The zero-order chi connectivity index (χ0) is 17.1. The maximum Gasteiger partial charge on any atom is 0.257 e. The Labute approximate surface area is 142 Å². The standard InChI is InChI=1S/C14H17N9O2/c24-14(10-6-16-19-13(10)23-8-17-21-22-23)15-7-11-18-12(20-25-11)9-4-2-1-3-5-9/h6,8-9H,1-5,7H2,(H,15,24)(H,16,19). The Hall–Kier alpha value is -3.11. The molecule has 0 atom stereocenters. The molecule has 0 unspecified atom stereocenters. The van der Waals surface area contributed by atoms with E-state index in [9.17, 15) is 4.79 Å². The van der Waals surface area contributed by atoms with Crippen LogP contribution in [0.5, 0.6) is 0 Å². The van der Waals surface area contributed by atoms with E-state index >= 15 is 0 Å². The van der Waals surface area contributed by atoms with Crippen LogP contribution in [-0.2, 0) is 6.54 Å². The van der Waals surface area contributed by atoms with Crippen molar-refractivity contribution in [1.29, 1.82) is 0 Å². The summed E-state index contributed by atoms with van der Waals surface area (Å²) in [5, 5.41) is 24.2. The van der Waals surface area contributed by atoms with E-state index in [0.717, 1.165) is 18.7 Å². The van der Waals surface area contributed by atoms with Gasteiger partial charge in [-0.3, -0.25) is 9.89 Å². The molecule has 11 heteroatoms. The highest BCUT2D eigenvalue weighted by Crippen LogP contribution is 2.30. The maximum atomic E-state index is 12.4. The van der Waals surface area contributed by atoms with Crippen LogP contribution in [0.4, 0.5) is 0 Å². The predicted molar refractivity (Wildman–Crippen MR) is 82.6 cm³/mol. The molecule has 1 aliphatic carbocycles. The summed E-state index contributed by atoms with van der Waals surface area (Å²) < 4.78 is 6.58. The zero-order valence-electron chi connectivity index (χ0n) is 13.4. The molecule has 1 saturated carbocycles. The second kappa shape index (κ2) is 6.79. The third kappa shape index (κ3) is 3.25. The van der Waals surface area contributed by atoms with E-state index in [1.165, 1.54) is 36.5 Å². The minimum Gasteiger partial charge on any atom is -0.343 e. The van der Waals surface area contributed by atoms with E-state index < -0.39 is 0 Å². The topological polar surface area (TPSA) is 140 Å². The Morgan fingerprint density at radius 3 is 3.04 bits per heavy atom. The van der Waals surface area contributed by atoms with Gasteiger partial charge in [-0.05, 0) is 23.3 Å². The highest BCUT2D eigenvalue weighted by atomic mass is 16.5. The van der Waals surface area contributed by atoms with Crippen molar-refractivity contribution >= 4 is 5.91 Å². The van der Waals surface area contributed by atoms with Crippen LogP contribution in [-0.4, -0.2) is 46.5 Å². The Morgan fingerprint density at radius 2 is 2.24 bits per heavy atom. The van der Waals surface area contributed by atoms with Crippen molar-refractivity contribution in [1.82, 2.24) is 45.9 Å². The van der Waals surface area contributed by atoms with Gasteiger partial charge < -0.3 is 9.84 Å². The number of carbonyl (C=O) groups excluding carboxylic acids is 1. The summed E-state index contributed by atoms with van der Waals surface area (Å²) >= 11 is 0. The van der Waals surface area contributed by atoms with Crippen LogP contribution in [0, 0.1) is 0 Å². The molecule has 4 rings (SSSR count). The fraction of sp³-hybridized carbons (Fsp3) is 0.500. The molecule has 0 bridgehead atoms. The van der Waals surface area contributed by atoms with Gasteiger partial charge in [0.25, 0.3) is 5.91 Å². The fourth-order valence-electron chi connectivity index (χ4n) is 3.00. The van der Waals surface area contributed by atoms with Crippen LogP contribution in [0.25, 0.3) is 5.82 Å². The van der Waals surface area contributed by atoms with Crippen molar-refractivity contribution in [3.05, 3.63) is 29.8 Å². The second-order valence-electron chi connectivity index (χ2n) is 5.95. The van der Waals surface area contributed by atoms with E-state index in [1.54, 1.807) is 0 Å². The largest absolute Gasteiger partial charge is 0.343 e. The summed E-state index contributed by atoms with van der Waals surface area (Å²) in [5.74, 6) is 1.54. The van der Waals surface area contributed by atoms with Gasteiger partial charge in [0.1, 0.15) is 11.9 Å². The van der Waals surface area contributed by atoms with Gasteiger partial charge in [-0.1, -0.05) is 24.4 Å². The second-order valence-corrected chi connectivity index (χ2v) is 5.95. The lowest BCUT2D eigenvalue weighted by atomic mass is 9.89. The van der Waals surface area contributed by atoms with Crippen LogP contribution < -0.4 is 5.32 Å². The van der Waals surface area contributed by atoms with E-state index in [4.69, 9.17) is 4.52 Å². The van der Waals surface area contributed by atoms with E-state index in [2.05, 4.69) is 41.2 Å². The lowest BCUT2D eigenvalue weighted by molar-refractivity contribution is 0.0946. The molecule has 0 saturated heterocycles. The summed E-state index contributed by atoms with van der Waals surface area (Å²) in [4.78, 5) is 16.8. The first-order valence-electron chi connectivity index (χ1n) is 8.18. The number of nitrogens with zero attached hydrogens (tertiary/aromatic N) is 7. The number of carbonyl (C=O) groups is 1. The van der Waals surface area contributed by atoms with Crippen LogP contribution >= 0.6 is 0 Å². The molecule has 1 amide bonds. The van der Waals surface area contributed by atoms with E-state index in [1.807, 2.05) is 0 Å². The molecule has 3 heterocycles. The maximum absolute atomic E-state index is 12.4. The molecule has 0 spiro atoms. The van der Waals surface area contributed by atoms with Crippen molar-refractivity contribution in [2.75, 3.05) is 0 Å². The molecular formula is C14H17N9O2. The van der Waals surface area contributed by atoms with Crippen molar-refractivity contribution in [2.45, 2.75) is 44.6 Å². The summed E-state index contributed by atoms with van der Waals surface area (Å²) in [6.45, 7) is 0.152. The molecule has 11 nitrogen and oxygen atoms in total. The number of amides is 1. The summed E-state index contributed by atoms with van der Waals surface area (Å²) in [5.41, 5.74) is 0.319. The Balaban J connectivity index is 1.40. The predicted octanol–water partition coefficient (Wildman–Crippen LogP) is 0.746. The van der Waals surface area contributed by atoms with Gasteiger partial charge in [0.15, 0.2) is 11.6 Å². The van der Waals surface area contributed by atoms with Gasteiger partial charge >= 0.3 is 0 Å². The van der Waals surface area contributed by atoms with Gasteiger partial charge in [0.05, 0.1) is 12.7 Å².